The zero-order chi connectivity index (χ0) is 31.4. The van der Waals surface area contributed by atoms with Crippen LogP contribution in [0, 0.1) is 55.7 Å². The number of nitrogens with one attached hydrogen (secondary N) is 1. The molecule has 4 saturated carbocycles. The van der Waals surface area contributed by atoms with Gasteiger partial charge in [0.15, 0.2) is 11.6 Å². The zero-order valence-corrected chi connectivity index (χ0v) is 27.5. The number of rotatable bonds is 2. The number of carbonyl (C=O) groups is 3. The molecule has 6 heteroatoms. The van der Waals surface area contributed by atoms with Crippen LogP contribution >= 0.6 is 0 Å². The second-order valence-electron chi connectivity index (χ2n) is 17.2. The fraction of sp³-hybridized carbons (Fsp3) is 0.784. The third-order valence-corrected chi connectivity index (χ3v) is 14.7. The van der Waals surface area contributed by atoms with Crippen LogP contribution in [0.5, 0.6) is 0 Å². The van der Waals surface area contributed by atoms with E-state index in [1.165, 1.54) is 6.42 Å². The summed E-state index contributed by atoms with van der Waals surface area (Å²) in [5, 5.41) is 26.4. The lowest BCUT2D eigenvalue weighted by Crippen LogP contribution is -2.74. The van der Waals surface area contributed by atoms with E-state index in [0.717, 1.165) is 69.8 Å². The average molecular weight is 589 g/mol. The maximum absolute atomic E-state index is 14.7. The Morgan fingerprint density at radius 1 is 0.907 bits per heavy atom. The van der Waals surface area contributed by atoms with Gasteiger partial charge in [-0.2, -0.15) is 5.26 Å². The number of fused-ring (bicyclic) bond motifs is 7. The normalized spacial score (nSPS) is 47.5. The molecule has 2 N–H and O–H groups in total. The van der Waals surface area contributed by atoms with Crippen LogP contribution in [-0.2, 0) is 14.4 Å². The molecule has 0 radical (unpaired) electrons. The first-order valence-electron chi connectivity index (χ1n) is 16.9. The van der Waals surface area contributed by atoms with Gasteiger partial charge in [-0.25, -0.2) is 0 Å². The van der Waals surface area contributed by atoms with Crippen molar-refractivity contribution in [3.63, 3.8) is 0 Å². The van der Waals surface area contributed by atoms with E-state index in [1.807, 2.05) is 19.9 Å². The van der Waals surface area contributed by atoms with E-state index in [-0.39, 0.29) is 46.3 Å². The van der Waals surface area contributed by atoms with Crippen LogP contribution in [0.15, 0.2) is 23.3 Å². The quantitative estimate of drug-likeness (QED) is 0.370. The molecule has 0 saturated heterocycles. The number of hydrogen-bond acceptors (Lipinski definition) is 5. The van der Waals surface area contributed by atoms with Crippen molar-refractivity contribution in [1.82, 2.24) is 5.32 Å². The lowest BCUT2D eigenvalue weighted by molar-refractivity contribution is -0.242. The van der Waals surface area contributed by atoms with Crippen molar-refractivity contribution < 1.29 is 19.5 Å². The van der Waals surface area contributed by atoms with Gasteiger partial charge in [-0.05, 0) is 86.2 Å². The van der Waals surface area contributed by atoms with E-state index in [2.05, 4.69) is 46.0 Å². The van der Waals surface area contributed by atoms with Crippen molar-refractivity contribution in [2.24, 2.45) is 44.3 Å². The number of nitriles is 1. The van der Waals surface area contributed by atoms with E-state index < -0.39 is 32.7 Å². The maximum atomic E-state index is 14.7. The van der Waals surface area contributed by atoms with Gasteiger partial charge in [0.1, 0.15) is 11.7 Å². The zero-order valence-electron chi connectivity index (χ0n) is 27.5. The number of carbonyl (C=O) groups excluding carboxylic acids is 3. The SMILES string of the molecule is CC1(C)C(=O)C(C#N)=C[C@]2(C)C3=CC(=O)[C@]4(O)[C@@H]5C[C@@](C)(C(=O)NC6CCCCC6)CC[C@]5(C)CC[C@@]4(C)[C@]3(C)CC[C@@H]12. The highest BCUT2D eigenvalue weighted by atomic mass is 16.3. The summed E-state index contributed by atoms with van der Waals surface area (Å²) < 4.78 is 0. The number of ketones is 2. The summed E-state index contributed by atoms with van der Waals surface area (Å²) in [6.45, 7) is 14.6. The van der Waals surface area contributed by atoms with Crippen molar-refractivity contribution in [2.45, 2.75) is 137 Å². The van der Waals surface area contributed by atoms with Crippen LogP contribution in [0.25, 0.3) is 0 Å². The molecule has 0 spiro atoms. The van der Waals surface area contributed by atoms with Crippen molar-refractivity contribution >= 4 is 17.5 Å². The standard InChI is InChI=1S/C37H52N2O4/c1-31(2)25-13-14-35(6)26(34(25,5)20-23(22-38)29(31)41)19-28(40)37(43)27-21-33(4,30(42)39-24-11-9-8-10-12-24)16-15-32(27,3)17-18-36(35,37)7/h19-20,24-25,27,43H,8-18,21H2,1-7H3,(H,39,42)/t25-,27+,32+,33-,34-,35+,36-,37+/m0/s1. The highest BCUT2D eigenvalue weighted by Gasteiger charge is 2.75. The summed E-state index contributed by atoms with van der Waals surface area (Å²) in [6, 6.07) is 2.39. The molecule has 0 unspecified atom stereocenters. The molecule has 0 heterocycles. The third kappa shape index (κ3) is 3.82. The van der Waals surface area contributed by atoms with Gasteiger partial charge in [0.2, 0.25) is 5.91 Å². The minimum absolute atomic E-state index is 0.0400. The van der Waals surface area contributed by atoms with Gasteiger partial charge in [0.25, 0.3) is 0 Å². The Hall–Kier alpha value is -2.26. The summed E-state index contributed by atoms with van der Waals surface area (Å²) >= 11 is 0. The van der Waals surface area contributed by atoms with Crippen LogP contribution < -0.4 is 5.32 Å². The number of nitrogens with zero attached hydrogens (tertiary/aromatic N) is 1. The predicted octanol–water partition coefficient (Wildman–Crippen LogP) is 6.77. The number of allylic oxidation sites excluding steroid dienone is 3. The number of Topliss-reactive ketones (excluding diaryl/α,β-unsaturated/α-hetero) is 1. The first-order valence-corrected chi connectivity index (χ1v) is 16.9. The van der Waals surface area contributed by atoms with E-state index in [4.69, 9.17) is 0 Å². The maximum Gasteiger partial charge on any atom is 0.226 e. The highest BCUT2D eigenvalue weighted by Crippen LogP contribution is 2.75. The van der Waals surface area contributed by atoms with Gasteiger partial charge in [-0.15, -0.1) is 0 Å². The molecule has 1 amide bonds. The van der Waals surface area contributed by atoms with Crippen molar-refractivity contribution in [1.29, 1.82) is 5.26 Å². The van der Waals surface area contributed by atoms with Crippen molar-refractivity contribution in [3.05, 3.63) is 23.3 Å². The van der Waals surface area contributed by atoms with Gasteiger partial charge in [0, 0.05) is 33.6 Å². The fourth-order valence-corrected chi connectivity index (χ4v) is 11.6. The molecule has 0 bridgehead atoms. The minimum Gasteiger partial charge on any atom is -0.381 e. The van der Waals surface area contributed by atoms with E-state index in [0.29, 0.717) is 6.42 Å². The molecule has 234 valence electrons. The molecule has 6 rings (SSSR count). The third-order valence-electron chi connectivity index (χ3n) is 14.7. The molecule has 0 aromatic rings. The Kier molecular flexibility index (Phi) is 6.71. The molecule has 8 atom stereocenters. The summed E-state index contributed by atoms with van der Waals surface area (Å²) in [7, 11) is 0. The Bertz CT molecular complexity index is 1380. The smallest absolute Gasteiger partial charge is 0.226 e. The Labute approximate surface area is 258 Å². The number of hydrogen-bond donors (Lipinski definition) is 2. The van der Waals surface area contributed by atoms with E-state index >= 15 is 0 Å². The Morgan fingerprint density at radius 3 is 2.21 bits per heavy atom. The van der Waals surface area contributed by atoms with Gasteiger partial charge in [-0.1, -0.05) is 73.8 Å². The van der Waals surface area contributed by atoms with E-state index in [9.17, 15) is 24.8 Å². The molecule has 6 nitrogen and oxygen atoms in total. The highest BCUT2D eigenvalue weighted by molar-refractivity contribution is 6.05. The Balaban J connectivity index is 1.43. The summed E-state index contributed by atoms with van der Waals surface area (Å²) in [6.07, 6.45) is 14.4. The van der Waals surface area contributed by atoms with Gasteiger partial charge in [0.05, 0.1) is 5.57 Å². The molecular formula is C37H52N2O4. The minimum atomic E-state index is -1.60. The van der Waals surface area contributed by atoms with Crippen molar-refractivity contribution in [3.8, 4) is 6.07 Å². The first-order chi connectivity index (χ1) is 19.9. The summed E-state index contributed by atoms with van der Waals surface area (Å²) in [5.41, 5.74) is -3.94. The lowest BCUT2D eigenvalue weighted by atomic mass is 9.33. The van der Waals surface area contributed by atoms with Crippen LogP contribution in [-0.4, -0.2) is 34.2 Å². The molecule has 0 aromatic heterocycles. The van der Waals surface area contributed by atoms with Crippen LogP contribution in [0.4, 0.5) is 0 Å². The molecule has 6 aliphatic rings. The summed E-state index contributed by atoms with van der Waals surface area (Å²) in [4.78, 5) is 41.8. The van der Waals surface area contributed by atoms with Gasteiger partial charge in [-0.3, -0.25) is 14.4 Å². The van der Waals surface area contributed by atoms with E-state index in [1.54, 1.807) is 6.08 Å². The van der Waals surface area contributed by atoms with Crippen LogP contribution in [0.1, 0.15) is 126 Å². The molecule has 0 aliphatic heterocycles. The molecule has 0 aromatic carbocycles. The lowest BCUT2D eigenvalue weighted by Gasteiger charge is -2.71. The summed E-state index contributed by atoms with van der Waals surface area (Å²) in [5.74, 6) is -0.662. The van der Waals surface area contributed by atoms with Crippen LogP contribution in [0.3, 0.4) is 0 Å². The molecular weight excluding hydrogens is 536 g/mol. The second kappa shape index (κ2) is 9.38. The molecule has 4 fully saturated rings. The second-order valence-corrected chi connectivity index (χ2v) is 17.2. The fourth-order valence-electron chi connectivity index (χ4n) is 11.6. The topological polar surface area (TPSA) is 107 Å². The number of aliphatic hydroxyl groups is 1. The number of amides is 1. The monoisotopic (exact) mass is 588 g/mol. The predicted molar refractivity (Wildman–Crippen MR) is 165 cm³/mol. The largest absolute Gasteiger partial charge is 0.381 e. The Morgan fingerprint density at radius 2 is 1.56 bits per heavy atom. The average Bonchev–Trinajstić information content (AvgIpc) is 2.96. The molecule has 6 aliphatic carbocycles. The van der Waals surface area contributed by atoms with Gasteiger partial charge < -0.3 is 10.4 Å². The first kappa shape index (κ1) is 30.8. The van der Waals surface area contributed by atoms with Crippen molar-refractivity contribution in [2.75, 3.05) is 0 Å². The van der Waals surface area contributed by atoms with Gasteiger partial charge >= 0.3 is 0 Å². The van der Waals surface area contributed by atoms with Crippen LogP contribution in [0.2, 0.25) is 0 Å². The molecule has 43 heavy (non-hydrogen) atoms.